The first kappa shape index (κ1) is 21.1. The van der Waals surface area contributed by atoms with E-state index in [9.17, 15) is 4.79 Å². The fraction of sp³-hybridized carbons (Fsp3) is 0.200. The molecule has 160 valence electrons. The molecule has 0 aliphatic carbocycles. The third-order valence-corrected chi connectivity index (χ3v) is 5.05. The Balaban J connectivity index is 1.45. The van der Waals surface area contributed by atoms with E-state index in [1.165, 1.54) is 6.33 Å². The molecule has 0 aliphatic rings. The number of benzene rings is 2. The van der Waals surface area contributed by atoms with Gasteiger partial charge in [0.2, 0.25) is 0 Å². The lowest BCUT2D eigenvalue weighted by Gasteiger charge is -2.11. The summed E-state index contributed by atoms with van der Waals surface area (Å²) in [6.07, 6.45) is 5.07. The van der Waals surface area contributed by atoms with Crippen LogP contribution in [0.25, 0.3) is 10.9 Å². The number of fused-ring (bicyclic) bond motifs is 1. The molecule has 0 saturated heterocycles. The molecule has 32 heavy (non-hydrogen) atoms. The van der Waals surface area contributed by atoms with Crippen LogP contribution in [-0.4, -0.2) is 30.8 Å². The summed E-state index contributed by atoms with van der Waals surface area (Å²) in [6, 6.07) is 15.4. The van der Waals surface area contributed by atoms with E-state index < -0.39 is 5.97 Å². The van der Waals surface area contributed by atoms with E-state index in [1.807, 2.05) is 53.3 Å². The molecule has 0 bridgehead atoms. The molecule has 4 aromatic rings. The molecule has 7 heteroatoms. The molecule has 2 aromatic heterocycles. The zero-order chi connectivity index (χ0) is 22.3. The zero-order valence-corrected chi connectivity index (χ0v) is 17.6. The van der Waals surface area contributed by atoms with E-state index in [0.29, 0.717) is 18.9 Å². The first-order valence-electron chi connectivity index (χ1n) is 10.2. The molecule has 2 heterocycles. The second-order valence-corrected chi connectivity index (χ2v) is 7.30. The lowest BCUT2D eigenvalue weighted by atomic mass is 9.96. The van der Waals surface area contributed by atoms with Gasteiger partial charge in [0, 0.05) is 11.6 Å². The molecule has 7 nitrogen and oxygen atoms in total. The smallest absolute Gasteiger partial charge is 0.304 e. The number of carbonyl (C=O) groups is 1. The van der Waals surface area contributed by atoms with Crippen LogP contribution >= 0.6 is 0 Å². The molecule has 2 aromatic carbocycles. The number of carboxylic acid groups (broad SMARTS) is 1. The van der Waals surface area contributed by atoms with Gasteiger partial charge in [-0.2, -0.15) is 5.10 Å². The summed E-state index contributed by atoms with van der Waals surface area (Å²) in [5.41, 5.74) is 3.78. The van der Waals surface area contributed by atoms with Crippen LogP contribution in [0.4, 0.5) is 0 Å². The number of hydrogen-bond donors (Lipinski definition) is 1. The Morgan fingerprint density at radius 3 is 2.75 bits per heavy atom. The van der Waals surface area contributed by atoms with E-state index in [4.69, 9.17) is 9.84 Å². The Labute approximate surface area is 185 Å². The number of rotatable bonds is 8. The Bertz CT molecular complexity index is 1270. The second kappa shape index (κ2) is 9.75. The summed E-state index contributed by atoms with van der Waals surface area (Å²) in [7, 11) is 0. The van der Waals surface area contributed by atoms with Crippen LogP contribution in [0.2, 0.25) is 0 Å². The van der Waals surface area contributed by atoms with E-state index in [2.05, 4.69) is 33.0 Å². The van der Waals surface area contributed by atoms with Crippen molar-refractivity contribution < 1.29 is 14.6 Å². The molecule has 0 saturated carbocycles. The molecule has 1 unspecified atom stereocenters. The number of aromatic nitrogens is 4. The van der Waals surface area contributed by atoms with Crippen LogP contribution in [0, 0.1) is 11.8 Å². The highest BCUT2D eigenvalue weighted by Crippen LogP contribution is 2.23. The van der Waals surface area contributed by atoms with Crippen molar-refractivity contribution in [1.82, 2.24) is 19.7 Å². The lowest BCUT2D eigenvalue weighted by molar-refractivity contribution is -0.137. The maximum Gasteiger partial charge on any atom is 0.304 e. The number of carboxylic acids is 1. The van der Waals surface area contributed by atoms with E-state index in [-0.39, 0.29) is 12.3 Å². The highest BCUT2D eigenvalue weighted by molar-refractivity contribution is 5.79. The van der Waals surface area contributed by atoms with Crippen LogP contribution in [-0.2, 0) is 17.9 Å². The normalized spacial score (nSPS) is 11.5. The molecule has 0 fully saturated rings. The van der Waals surface area contributed by atoms with Gasteiger partial charge in [0.1, 0.15) is 18.7 Å². The fourth-order valence-electron chi connectivity index (χ4n) is 3.46. The van der Waals surface area contributed by atoms with Gasteiger partial charge >= 0.3 is 5.97 Å². The molecule has 0 amide bonds. The molecular formula is C25H22N4O3. The first-order valence-corrected chi connectivity index (χ1v) is 10.2. The van der Waals surface area contributed by atoms with Gasteiger partial charge in [0.15, 0.2) is 0 Å². The van der Waals surface area contributed by atoms with Gasteiger partial charge in [0.05, 0.1) is 36.3 Å². The minimum Gasteiger partial charge on any atom is -0.489 e. The van der Waals surface area contributed by atoms with Crippen molar-refractivity contribution in [1.29, 1.82) is 0 Å². The van der Waals surface area contributed by atoms with Gasteiger partial charge in [-0.3, -0.25) is 9.48 Å². The largest absolute Gasteiger partial charge is 0.489 e. The lowest BCUT2D eigenvalue weighted by Crippen LogP contribution is -2.05. The van der Waals surface area contributed by atoms with E-state index in [0.717, 1.165) is 27.7 Å². The Morgan fingerprint density at radius 2 is 2.03 bits per heavy atom. The zero-order valence-electron chi connectivity index (χ0n) is 17.6. The van der Waals surface area contributed by atoms with Crippen molar-refractivity contribution in [3.8, 4) is 17.6 Å². The Morgan fingerprint density at radius 1 is 1.19 bits per heavy atom. The van der Waals surface area contributed by atoms with Crippen LogP contribution in [0.1, 0.15) is 36.1 Å². The quantitative estimate of drug-likeness (QED) is 0.428. The van der Waals surface area contributed by atoms with E-state index in [1.54, 1.807) is 13.1 Å². The number of nitrogens with zero attached hydrogens (tertiary/aromatic N) is 4. The summed E-state index contributed by atoms with van der Waals surface area (Å²) < 4.78 is 7.86. The minimum atomic E-state index is -0.868. The van der Waals surface area contributed by atoms with Gasteiger partial charge in [-0.25, -0.2) is 9.97 Å². The van der Waals surface area contributed by atoms with Crippen LogP contribution in [0.3, 0.4) is 0 Å². The molecule has 4 rings (SSSR count). The molecule has 0 radical (unpaired) electrons. The molecule has 0 spiro atoms. The third-order valence-electron chi connectivity index (χ3n) is 5.05. The summed E-state index contributed by atoms with van der Waals surface area (Å²) in [4.78, 5) is 19.3. The maximum atomic E-state index is 11.1. The second-order valence-electron chi connectivity index (χ2n) is 7.30. The standard InChI is InChI=1S/C25H22N4O3/c1-2-3-20(13-25(30)31)19-6-8-23(9-7-19)32-16-18-4-5-21-14-28-29(24(21)12-18)15-22-10-11-26-17-27-22/h4-12,14,17,20H,13,15-16H2,1H3,(H,30,31). The average molecular weight is 426 g/mol. The summed E-state index contributed by atoms with van der Waals surface area (Å²) in [5, 5.41) is 14.6. The van der Waals surface area contributed by atoms with Gasteiger partial charge in [-0.1, -0.05) is 30.2 Å². The van der Waals surface area contributed by atoms with Crippen molar-refractivity contribution in [2.75, 3.05) is 0 Å². The topological polar surface area (TPSA) is 90.1 Å². The van der Waals surface area contributed by atoms with Crippen molar-refractivity contribution >= 4 is 16.9 Å². The molecule has 1 atom stereocenters. The third kappa shape index (κ3) is 5.10. The van der Waals surface area contributed by atoms with Crippen molar-refractivity contribution in [3.05, 3.63) is 84.1 Å². The van der Waals surface area contributed by atoms with Crippen LogP contribution in [0.15, 0.2) is 67.3 Å². The van der Waals surface area contributed by atoms with E-state index >= 15 is 0 Å². The van der Waals surface area contributed by atoms with Gasteiger partial charge < -0.3 is 9.84 Å². The van der Waals surface area contributed by atoms with Crippen molar-refractivity contribution in [2.24, 2.45) is 0 Å². The predicted molar refractivity (Wildman–Crippen MR) is 120 cm³/mol. The summed E-state index contributed by atoms with van der Waals surface area (Å²) >= 11 is 0. The highest BCUT2D eigenvalue weighted by Gasteiger charge is 2.13. The molecular weight excluding hydrogens is 404 g/mol. The van der Waals surface area contributed by atoms with Gasteiger partial charge in [0.25, 0.3) is 0 Å². The first-order chi connectivity index (χ1) is 15.6. The molecule has 1 N–H and O–H groups in total. The average Bonchev–Trinajstić information content (AvgIpc) is 3.20. The van der Waals surface area contributed by atoms with Gasteiger partial charge in [-0.15, -0.1) is 5.92 Å². The highest BCUT2D eigenvalue weighted by atomic mass is 16.5. The van der Waals surface area contributed by atoms with Crippen LogP contribution < -0.4 is 4.74 Å². The monoisotopic (exact) mass is 426 g/mol. The minimum absolute atomic E-state index is 0.0241. The SMILES string of the molecule is CC#CC(CC(=O)O)c1ccc(OCc2ccc3cnn(Cc4ccncn4)c3c2)cc1. The number of hydrogen-bond acceptors (Lipinski definition) is 5. The van der Waals surface area contributed by atoms with Crippen LogP contribution in [0.5, 0.6) is 5.75 Å². The van der Waals surface area contributed by atoms with Gasteiger partial charge in [-0.05, 0) is 42.3 Å². The number of aliphatic carboxylic acids is 1. The predicted octanol–water partition coefficient (Wildman–Crippen LogP) is 4.04. The Hall–Kier alpha value is -4.18. The summed E-state index contributed by atoms with van der Waals surface area (Å²) in [6.45, 7) is 2.68. The number of ether oxygens (including phenoxy) is 1. The van der Waals surface area contributed by atoms with Crippen molar-refractivity contribution in [3.63, 3.8) is 0 Å². The fourth-order valence-corrected chi connectivity index (χ4v) is 3.46. The maximum absolute atomic E-state index is 11.1. The molecule has 0 aliphatic heterocycles. The summed E-state index contributed by atoms with van der Waals surface area (Å²) in [5.74, 6) is 5.28. The van der Waals surface area contributed by atoms with Crippen molar-refractivity contribution in [2.45, 2.75) is 32.4 Å². The Kier molecular flexibility index (Phi) is 6.42.